The molecular formula is C17H22N2O3. The third-order valence-corrected chi connectivity index (χ3v) is 4.56. The molecular weight excluding hydrogens is 280 g/mol. The smallest absolute Gasteiger partial charge is 0.152 e. The fourth-order valence-electron chi connectivity index (χ4n) is 3.30. The quantitative estimate of drug-likeness (QED) is 0.815. The highest BCUT2D eigenvalue weighted by Gasteiger charge is 2.23. The summed E-state index contributed by atoms with van der Waals surface area (Å²) in [7, 11) is 5.41. The molecule has 0 aliphatic carbocycles. The lowest BCUT2D eigenvalue weighted by molar-refractivity contribution is 0.112. The topological polar surface area (TPSA) is 43.7 Å². The van der Waals surface area contributed by atoms with Gasteiger partial charge in [-0.2, -0.15) is 0 Å². The Hall–Kier alpha value is -2.01. The number of carbonyl (C=O) groups is 1. The predicted molar refractivity (Wildman–Crippen MR) is 86.2 cm³/mol. The highest BCUT2D eigenvalue weighted by atomic mass is 16.5. The maximum atomic E-state index is 11.5. The molecule has 1 aromatic heterocycles. The molecule has 22 heavy (non-hydrogen) atoms. The first-order valence-corrected chi connectivity index (χ1v) is 7.58. The summed E-state index contributed by atoms with van der Waals surface area (Å²) in [5.41, 5.74) is 1.68. The summed E-state index contributed by atoms with van der Waals surface area (Å²) in [4.78, 5) is 13.8. The van der Waals surface area contributed by atoms with Crippen LogP contribution in [0.4, 0.5) is 0 Å². The van der Waals surface area contributed by atoms with E-state index in [0.29, 0.717) is 17.4 Å². The standard InChI is InChI=1S/C17H22N2O3/c1-18-6-4-13(5-7-18)19-10-12(11-20)17-15(19)8-14(21-2)9-16(17)22-3/h8-11,13H,4-7H2,1-3H3. The second-order valence-electron chi connectivity index (χ2n) is 5.87. The molecule has 0 saturated carbocycles. The number of hydrogen-bond acceptors (Lipinski definition) is 4. The third kappa shape index (κ3) is 2.46. The van der Waals surface area contributed by atoms with E-state index in [9.17, 15) is 4.79 Å². The lowest BCUT2D eigenvalue weighted by Gasteiger charge is -2.30. The molecule has 1 aliphatic heterocycles. The van der Waals surface area contributed by atoms with Crippen LogP contribution < -0.4 is 9.47 Å². The van der Waals surface area contributed by atoms with Crippen LogP contribution in [-0.4, -0.2) is 50.1 Å². The number of benzene rings is 1. The van der Waals surface area contributed by atoms with E-state index in [2.05, 4.69) is 16.5 Å². The number of methoxy groups -OCH3 is 2. The van der Waals surface area contributed by atoms with Gasteiger partial charge in [-0.1, -0.05) is 0 Å². The van der Waals surface area contributed by atoms with E-state index >= 15 is 0 Å². The summed E-state index contributed by atoms with van der Waals surface area (Å²) in [5.74, 6) is 1.43. The maximum absolute atomic E-state index is 11.5. The minimum atomic E-state index is 0.407. The Balaban J connectivity index is 2.15. The molecule has 2 aromatic rings. The summed E-state index contributed by atoms with van der Waals surface area (Å²) in [6, 6.07) is 4.22. The number of fused-ring (bicyclic) bond motifs is 1. The summed E-state index contributed by atoms with van der Waals surface area (Å²) in [6.45, 7) is 2.14. The van der Waals surface area contributed by atoms with Crippen LogP contribution in [0.3, 0.4) is 0 Å². The molecule has 0 N–H and O–H groups in total. The van der Waals surface area contributed by atoms with Crippen LogP contribution in [0.2, 0.25) is 0 Å². The van der Waals surface area contributed by atoms with Gasteiger partial charge in [0.2, 0.25) is 0 Å². The lowest BCUT2D eigenvalue weighted by Crippen LogP contribution is -2.31. The number of likely N-dealkylation sites (tertiary alicyclic amines) is 1. The van der Waals surface area contributed by atoms with Gasteiger partial charge in [0.25, 0.3) is 0 Å². The summed E-state index contributed by atoms with van der Waals surface area (Å²) < 4.78 is 13.1. The molecule has 1 fully saturated rings. The monoisotopic (exact) mass is 302 g/mol. The van der Waals surface area contributed by atoms with E-state index in [1.165, 1.54) is 0 Å². The van der Waals surface area contributed by atoms with Gasteiger partial charge in [-0.25, -0.2) is 0 Å². The Morgan fingerprint density at radius 2 is 1.91 bits per heavy atom. The second-order valence-corrected chi connectivity index (χ2v) is 5.87. The van der Waals surface area contributed by atoms with E-state index in [0.717, 1.165) is 48.9 Å². The molecule has 5 heteroatoms. The van der Waals surface area contributed by atoms with Crippen molar-refractivity contribution in [3.8, 4) is 11.5 Å². The Labute approximate surface area is 130 Å². The van der Waals surface area contributed by atoms with Gasteiger partial charge in [0.05, 0.1) is 25.1 Å². The number of rotatable bonds is 4. The first-order chi connectivity index (χ1) is 10.7. The zero-order valence-corrected chi connectivity index (χ0v) is 13.3. The molecule has 0 bridgehead atoms. The van der Waals surface area contributed by atoms with Crippen LogP contribution in [0.1, 0.15) is 29.2 Å². The molecule has 1 aliphatic rings. The van der Waals surface area contributed by atoms with Crippen molar-refractivity contribution in [2.45, 2.75) is 18.9 Å². The van der Waals surface area contributed by atoms with E-state index in [1.54, 1.807) is 14.2 Å². The van der Waals surface area contributed by atoms with Gasteiger partial charge in [-0.15, -0.1) is 0 Å². The van der Waals surface area contributed by atoms with Crippen molar-refractivity contribution in [2.75, 3.05) is 34.4 Å². The van der Waals surface area contributed by atoms with Gasteiger partial charge in [0.1, 0.15) is 11.5 Å². The molecule has 3 rings (SSSR count). The average molecular weight is 302 g/mol. The third-order valence-electron chi connectivity index (χ3n) is 4.56. The molecule has 2 heterocycles. The van der Waals surface area contributed by atoms with Crippen molar-refractivity contribution in [2.24, 2.45) is 0 Å². The van der Waals surface area contributed by atoms with Crippen molar-refractivity contribution in [1.82, 2.24) is 9.47 Å². The van der Waals surface area contributed by atoms with Gasteiger partial charge in [0.15, 0.2) is 6.29 Å². The highest BCUT2D eigenvalue weighted by molar-refractivity contribution is 6.02. The molecule has 1 aromatic carbocycles. The zero-order chi connectivity index (χ0) is 15.7. The van der Waals surface area contributed by atoms with Gasteiger partial charge in [0, 0.05) is 29.9 Å². The van der Waals surface area contributed by atoms with Gasteiger partial charge < -0.3 is 18.9 Å². The van der Waals surface area contributed by atoms with Gasteiger partial charge in [-0.3, -0.25) is 4.79 Å². The molecule has 1 saturated heterocycles. The predicted octanol–water partition coefficient (Wildman–Crippen LogP) is 2.74. The Morgan fingerprint density at radius 3 is 2.50 bits per heavy atom. The normalized spacial score (nSPS) is 16.9. The van der Waals surface area contributed by atoms with Gasteiger partial charge >= 0.3 is 0 Å². The van der Waals surface area contributed by atoms with Crippen molar-refractivity contribution in [3.05, 3.63) is 23.9 Å². The number of hydrogen-bond donors (Lipinski definition) is 0. The van der Waals surface area contributed by atoms with Crippen molar-refractivity contribution in [3.63, 3.8) is 0 Å². The average Bonchev–Trinajstić information content (AvgIpc) is 2.93. The first-order valence-electron chi connectivity index (χ1n) is 7.58. The number of carbonyl (C=O) groups excluding carboxylic acids is 1. The molecule has 118 valence electrons. The molecule has 5 nitrogen and oxygen atoms in total. The molecule has 0 radical (unpaired) electrons. The Morgan fingerprint density at radius 1 is 1.18 bits per heavy atom. The van der Waals surface area contributed by atoms with Crippen LogP contribution in [0.25, 0.3) is 10.9 Å². The van der Waals surface area contributed by atoms with Crippen molar-refractivity contribution in [1.29, 1.82) is 0 Å². The fraction of sp³-hybridized carbons (Fsp3) is 0.471. The largest absolute Gasteiger partial charge is 0.497 e. The first kappa shape index (κ1) is 14.9. The van der Waals surface area contributed by atoms with E-state index < -0.39 is 0 Å². The SMILES string of the molecule is COc1cc(OC)c2c(C=O)cn(C3CCN(C)CC3)c2c1. The fourth-order valence-corrected chi connectivity index (χ4v) is 3.30. The molecule has 0 atom stereocenters. The number of nitrogens with zero attached hydrogens (tertiary/aromatic N) is 2. The van der Waals surface area contributed by atoms with Crippen LogP contribution >= 0.6 is 0 Å². The van der Waals surface area contributed by atoms with Crippen LogP contribution in [0.15, 0.2) is 18.3 Å². The Kier molecular flexibility index (Phi) is 4.07. The van der Waals surface area contributed by atoms with E-state index in [1.807, 2.05) is 18.3 Å². The van der Waals surface area contributed by atoms with E-state index in [4.69, 9.17) is 9.47 Å². The number of aromatic nitrogens is 1. The molecule has 0 unspecified atom stereocenters. The minimum absolute atomic E-state index is 0.407. The van der Waals surface area contributed by atoms with Crippen LogP contribution in [0.5, 0.6) is 11.5 Å². The van der Waals surface area contributed by atoms with Crippen LogP contribution in [0, 0.1) is 0 Å². The second kappa shape index (κ2) is 6.01. The van der Waals surface area contributed by atoms with Crippen LogP contribution in [-0.2, 0) is 0 Å². The van der Waals surface area contributed by atoms with E-state index in [-0.39, 0.29) is 0 Å². The molecule has 0 spiro atoms. The summed E-state index contributed by atoms with van der Waals surface area (Å²) in [6.07, 6.45) is 5.02. The summed E-state index contributed by atoms with van der Waals surface area (Å²) >= 11 is 0. The highest BCUT2D eigenvalue weighted by Crippen LogP contribution is 2.37. The van der Waals surface area contributed by atoms with Crippen molar-refractivity contribution < 1.29 is 14.3 Å². The Bertz CT molecular complexity index is 685. The lowest BCUT2D eigenvalue weighted by atomic mass is 10.1. The number of ether oxygens (including phenoxy) is 2. The number of piperidine rings is 1. The van der Waals surface area contributed by atoms with Gasteiger partial charge in [-0.05, 0) is 33.0 Å². The zero-order valence-electron chi connectivity index (χ0n) is 13.3. The summed E-state index contributed by atoms with van der Waals surface area (Å²) in [5, 5.41) is 0.872. The van der Waals surface area contributed by atoms with Crippen molar-refractivity contribution >= 4 is 17.2 Å². The maximum Gasteiger partial charge on any atom is 0.152 e. The molecule has 0 amide bonds. The minimum Gasteiger partial charge on any atom is -0.497 e. The number of aldehydes is 1.